The SMILES string of the molecule is C=C(C(=O)[O-])[C@@H](CCc1ccc(-c2ccccc2)cc1)NC(=O)OC(C)(C)C.[K+]. The summed E-state index contributed by atoms with van der Waals surface area (Å²) < 4.78 is 5.21. The second-order valence-electron chi connectivity index (χ2n) is 7.61. The molecule has 0 heterocycles. The van der Waals surface area contributed by atoms with Crippen LogP contribution < -0.4 is 61.8 Å². The summed E-state index contributed by atoms with van der Waals surface area (Å²) in [6.45, 7) is 8.76. The Kier molecular flexibility index (Phi) is 10.3. The predicted octanol–water partition coefficient (Wildman–Crippen LogP) is 0.490. The van der Waals surface area contributed by atoms with Crippen LogP contribution in [0.1, 0.15) is 32.8 Å². The van der Waals surface area contributed by atoms with E-state index in [1.165, 1.54) is 0 Å². The van der Waals surface area contributed by atoms with Crippen molar-refractivity contribution in [2.45, 2.75) is 45.3 Å². The van der Waals surface area contributed by atoms with E-state index in [1.807, 2.05) is 54.6 Å². The largest absolute Gasteiger partial charge is 1.00 e. The number of alkyl carbamates (subject to hydrolysis) is 1. The average Bonchev–Trinajstić information content (AvgIpc) is 2.64. The third kappa shape index (κ3) is 8.84. The molecule has 0 aliphatic rings. The molecule has 0 aliphatic carbocycles. The van der Waals surface area contributed by atoms with Crippen molar-refractivity contribution in [3.05, 3.63) is 72.3 Å². The number of benzene rings is 2. The fourth-order valence-electron chi connectivity index (χ4n) is 2.73. The van der Waals surface area contributed by atoms with Crippen LogP contribution in [0.25, 0.3) is 11.1 Å². The zero-order valence-electron chi connectivity index (χ0n) is 17.5. The monoisotopic (exact) mass is 419 g/mol. The van der Waals surface area contributed by atoms with E-state index in [0.717, 1.165) is 16.7 Å². The number of rotatable bonds is 7. The summed E-state index contributed by atoms with van der Waals surface area (Å²) in [5.74, 6) is -1.39. The fourth-order valence-corrected chi connectivity index (χ4v) is 2.73. The zero-order valence-corrected chi connectivity index (χ0v) is 20.7. The molecule has 0 aromatic heterocycles. The van der Waals surface area contributed by atoms with Gasteiger partial charge in [0.25, 0.3) is 0 Å². The van der Waals surface area contributed by atoms with E-state index in [0.29, 0.717) is 12.8 Å². The van der Waals surface area contributed by atoms with Gasteiger partial charge in [0.15, 0.2) is 0 Å². The van der Waals surface area contributed by atoms with Crippen LogP contribution in [-0.4, -0.2) is 23.7 Å². The van der Waals surface area contributed by atoms with Crippen molar-refractivity contribution in [3.8, 4) is 11.1 Å². The van der Waals surface area contributed by atoms with E-state index in [2.05, 4.69) is 11.9 Å². The van der Waals surface area contributed by atoms with Crippen LogP contribution in [0.5, 0.6) is 0 Å². The first kappa shape index (κ1) is 25.6. The standard InChI is InChI=1S/C23H27NO4.K/c1-16(21(25)26)20(24-22(27)28-23(2,3)4)15-12-17-10-13-19(14-11-17)18-8-6-5-7-9-18;/h5-11,13-14,20H,1,12,15H2,2-4H3,(H,24,27)(H,25,26);/q;+1/p-1/t20-;/m1./s1. The van der Waals surface area contributed by atoms with Crippen LogP contribution in [0, 0.1) is 0 Å². The number of carboxylic acids is 1. The van der Waals surface area contributed by atoms with Crippen molar-refractivity contribution in [1.29, 1.82) is 0 Å². The van der Waals surface area contributed by atoms with Gasteiger partial charge in [0.05, 0.1) is 12.0 Å². The molecule has 0 radical (unpaired) electrons. The van der Waals surface area contributed by atoms with Gasteiger partial charge in [-0.15, -0.1) is 0 Å². The van der Waals surface area contributed by atoms with E-state index >= 15 is 0 Å². The zero-order chi connectivity index (χ0) is 20.7. The summed E-state index contributed by atoms with van der Waals surface area (Å²) in [7, 11) is 0. The van der Waals surface area contributed by atoms with Crippen molar-refractivity contribution in [3.63, 3.8) is 0 Å². The number of carbonyl (C=O) groups excluding carboxylic acids is 2. The molecule has 1 N–H and O–H groups in total. The van der Waals surface area contributed by atoms with Crippen LogP contribution in [0.3, 0.4) is 0 Å². The Morgan fingerprint density at radius 1 is 1.03 bits per heavy atom. The number of hydrogen-bond acceptors (Lipinski definition) is 4. The summed E-state index contributed by atoms with van der Waals surface area (Å²) in [5.41, 5.74) is 2.41. The van der Waals surface area contributed by atoms with Crippen LogP contribution >= 0.6 is 0 Å². The van der Waals surface area contributed by atoms with E-state index < -0.39 is 23.7 Å². The van der Waals surface area contributed by atoms with Gasteiger partial charge in [-0.2, -0.15) is 0 Å². The molecule has 2 aromatic rings. The molecule has 5 nitrogen and oxygen atoms in total. The number of amides is 1. The number of hydrogen-bond donors (Lipinski definition) is 1. The van der Waals surface area contributed by atoms with E-state index in [1.54, 1.807) is 20.8 Å². The Balaban J connectivity index is 0.00000420. The van der Waals surface area contributed by atoms with E-state index in [9.17, 15) is 14.7 Å². The molecule has 2 rings (SSSR count). The molecule has 2 aromatic carbocycles. The molecule has 6 heteroatoms. The second-order valence-corrected chi connectivity index (χ2v) is 7.61. The van der Waals surface area contributed by atoms with Gasteiger partial charge in [-0.25, -0.2) is 4.79 Å². The Morgan fingerprint density at radius 2 is 1.59 bits per heavy atom. The molecule has 0 fully saturated rings. The summed E-state index contributed by atoms with van der Waals surface area (Å²) in [4.78, 5) is 23.2. The molecule has 0 bridgehead atoms. The van der Waals surface area contributed by atoms with Crippen molar-refractivity contribution >= 4 is 12.1 Å². The van der Waals surface area contributed by atoms with Gasteiger partial charge in [-0.05, 0) is 55.9 Å². The Morgan fingerprint density at radius 3 is 2.10 bits per heavy atom. The first-order valence-electron chi connectivity index (χ1n) is 9.20. The summed E-state index contributed by atoms with van der Waals surface area (Å²) in [6, 6.07) is 17.3. The Labute approximate surface area is 215 Å². The Bertz CT molecular complexity index is 826. The molecule has 0 saturated heterocycles. The molecular formula is C23H26KNO4. The molecule has 29 heavy (non-hydrogen) atoms. The maximum Gasteiger partial charge on any atom is 1.00 e. The van der Waals surface area contributed by atoms with Crippen LogP contribution in [-0.2, 0) is 16.0 Å². The van der Waals surface area contributed by atoms with Crippen LogP contribution in [0.2, 0.25) is 0 Å². The smallest absolute Gasteiger partial charge is 0.545 e. The van der Waals surface area contributed by atoms with E-state index in [4.69, 9.17) is 4.74 Å². The molecule has 0 unspecified atom stereocenters. The summed E-state index contributed by atoms with van der Waals surface area (Å²) >= 11 is 0. The molecule has 1 amide bonds. The van der Waals surface area contributed by atoms with Crippen molar-refractivity contribution in [2.75, 3.05) is 0 Å². The van der Waals surface area contributed by atoms with Crippen molar-refractivity contribution < 1.29 is 70.8 Å². The quantitative estimate of drug-likeness (QED) is 0.523. The van der Waals surface area contributed by atoms with Crippen LogP contribution in [0.15, 0.2) is 66.7 Å². The molecule has 1 atom stereocenters. The van der Waals surface area contributed by atoms with Gasteiger partial charge < -0.3 is 20.0 Å². The first-order chi connectivity index (χ1) is 13.2. The van der Waals surface area contributed by atoms with Gasteiger partial charge in [0, 0.05) is 0 Å². The maximum absolute atomic E-state index is 12.0. The molecule has 0 saturated carbocycles. The predicted molar refractivity (Wildman–Crippen MR) is 108 cm³/mol. The minimum absolute atomic E-state index is 0. The molecule has 0 aliphatic heterocycles. The normalized spacial score (nSPS) is 11.7. The number of aryl methyl sites for hydroxylation is 1. The van der Waals surface area contributed by atoms with Crippen LogP contribution in [0.4, 0.5) is 4.79 Å². The van der Waals surface area contributed by atoms with Gasteiger partial charge in [0.1, 0.15) is 5.60 Å². The van der Waals surface area contributed by atoms with Gasteiger partial charge >= 0.3 is 57.5 Å². The molecule has 148 valence electrons. The number of nitrogens with one attached hydrogen (secondary N) is 1. The summed E-state index contributed by atoms with van der Waals surface area (Å²) in [5, 5.41) is 13.8. The molecular weight excluding hydrogens is 393 g/mol. The Hall–Kier alpha value is -1.44. The number of carboxylic acid groups (broad SMARTS) is 1. The van der Waals surface area contributed by atoms with Crippen molar-refractivity contribution in [2.24, 2.45) is 0 Å². The van der Waals surface area contributed by atoms with Gasteiger partial charge in [-0.1, -0.05) is 61.2 Å². The second kappa shape index (κ2) is 11.7. The topological polar surface area (TPSA) is 78.5 Å². The maximum atomic E-state index is 12.0. The number of aliphatic carboxylic acids is 1. The number of carbonyl (C=O) groups is 2. The third-order valence-corrected chi connectivity index (χ3v) is 4.16. The third-order valence-electron chi connectivity index (χ3n) is 4.16. The number of ether oxygens (including phenoxy) is 1. The van der Waals surface area contributed by atoms with Gasteiger partial charge in [-0.3, -0.25) is 0 Å². The van der Waals surface area contributed by atoms with E-state index in [-0.39, 0.29) is 57.0 Å². The average molecular weight is 420 g/mol. The fraction of sp³-hybridized carbons (Fsp3) is 0.304. The minimum atomic E-state index is -1.39. The minimum Gasteiger partial charge on any atom is -0.545 e. The van der Waals surface area contributed by atoms with Crippen molar-refractivity contribution in [1.82, 2.24) is 5.32 Å². The van der Waals surface area contributed by atoms with Gasteiger partial charge in [0.2, 0.25) is 0 Å². The summed E-state index contributed by atoms with van der Waals surface area (Å²) in [6.07, 6.45) is 0.262. The first-order valence-corrected chi connectivity index (χ1v) is 9.20. The molecule has 0 spiro atoms.